The summed E-state index contributed by atoms with van der Waals surface area (Å²) in [6, 6.07) is 11.0. The van der Waals surface area contributed by atoms with Crippen molar-refractivity contribution in [3.63, 3.8) is 0 Å². The van der Waals surface area contributed by atoms with Gasteiger partial charge in [-0.2, -0.15) is 0 Å². The van der Waals surface area contributed by atoms with E-state index in [2.05, 4.69) is 5.32 Å². The van der Waals surface area contributed by atoms with E-state index in [0.29, 0.717) is 36.4 Å². The lowest BCUT2D eigenvalue weighted by Gasteiger charge is -2.11. The molecule has 5 nitrogen and oxygen atoms in total. The van der Waals surface area contributed by atoms with Gasteiger partial charge < -0.3 is 14.8 Å². The number of hydrogen-bond acceptors (Lipinski definition) is 4. The Hall–Kier alpha value is -2.89. The van der Waals surface area contributed by atoms with Crippen molar-refractivity contribution in [2.75, 3.05) is 20.8 Å². The number of carbonyl (C=O) groups excluding carboxylic acids is 2. The first-order chi connectivity index (χ1) is 13.0. The quantitative estimate of drug-likeness (QED) is 0.647. The number of hydrogen-bond donors (Lipinski definition) is 1. The Morgan fingerprint density at radius 3 is 2.41 bits per heavy atom. The molecule has 0 spiro atoms. The zero-order valence-corrected chi connectivity index (χ0v) is 15.6. The molecule has 2 aromatic carbocycles. The molecule has 0 aliphatic heterocycles. The predicted molar refractivity (Wildman–Crippen MR) is 101 cm³/mol. The van der Waals surface area contributed by atoms with Crippen LogP contribution in [0.3, 0.4) is 0 Å². The van der Waals surface area contributed by atoms with Crippen molar-refractivity contribution >= 4 is 11.7 Å². The summed E-state index contributed by atoms with van der Waals surface area (Å²) in [5, 5.41) is 2.85. The highest BCUT2D eigenvalue weighted by Crippen LogP contribution is 2.24. The van der Waals surface area contributed by atoms with Gasteiger partial charge in [0.15, 0.2) is 5.78 Å². The molecule has 2 aromatic rings. The molecular formula is C21H24FNO4. The van der Waals surface area contributed by atoms with Crippen molar-refractivity contribution < 1.29 is 23.5 Å². The number of nitrogens with one attached hydrogen (secondary N) is 1. The van der Waals surface area contributed by atoms with Gasteiger partial charge in [-0.1, -0.05) is 6.07 Å². The maximum absolute atomic E-state index is 12.9. The van der Waals surface area contributed by atoms with E-state index in [1.165, 1.54) is 24.3 Å². The van der Waals surface area contributed by atoms with E-state index in [1.54, 1.807) is 20.3 Å². The van der Waals surface area contributed by atoms with E-state index in [4.69, 9.17) is 9.47 Å². The fourth-order valence-electron chi connectivity index (χ4n) is 2.67. The Morgan fingerprint density at radius 2 is 1.74 bits per heavy atom. The zero-order valence-electron chi connectivity index (χ0n) is 15.6. The van der Waals surface area contributed by atoms with Crippen LogP contribution < -0.4 is 14.8 Å². The lowest BCUT2D eigenvalue weighted by molar-refractivity contribution is -0.121. The number of benzene rings is 2. The number of halogens is 1. The Kier molecular flexibility index (Phi) is 7.79. The third kappa shape index (κ3) is 6.40. The largest absolute Gasteiger partial charge is 0.497 e. The van der Waals surface area contributed by atoms with E-state index in [9.17, 15) is 14.0 Å². The minimum absolute atomic E-state index is 0.0919. The van der Waals surface area contributed by atoms with Crippen LogP contribution in [0, 0.1) is 5.82 Å². The molecule has 0 atom stereocenters. The summed E-state index contributed by atoms with van der Waals surface area (Å²) in [6.07, 6.45) is 1.61. The van der Waals surface area contributed by atoms with Crippen molar-refractivity contribution in [1.82, 2.24) is 5.32 Å². The standard InChI is InChI=1S/C21H24FNO4/c1-26-18-11-8-16(20(14-18)27-2)12-13-23-21(25)5-3-4-19(24)15-6-9-17(22)10-7-15/h6-11,14H,3-5,12-13H2,1-2H3,(H,23,25). The monoisotopic (exact) mass is 373 g/mol. The molecule has 144 valence electrons. The van der Waals surface area contributed by atoms with E-state index < -0.39 is 0 Å². The number of amides is 1. The van der Waals surface area contributed by atoms with Crippen LogP contribution in [0.2, 0.25) is 0 Å². The number of ether oxygens (including phenoxy) is 2. The Bertz CT molecular complexity index is 774. The molecule has 0 aliphatic rings. The summed E-state index contributed by atoms with van der Waals surface area (Å²) in [7, 11) is 3.18. The van der Waals surface area contributed by atoms with Gasteiger partial charge in [0.1, 0.15) is 17.3 Å². The maximum Gasteiger partial charge on any atom is 0.220 e. The molecule has 27 heavy (non-hydrogen) atoms. The molecule has 0 heterocycles. The summed E-state index contributed by atoms with van der Waals surface area (Å²) in [5.41, 5.74) is 1.44. The summed E-state index contributed by atoms with van der Waals surface area (Å²) in [4.78, 5) is 23.9. The molecule has 0 radical (unpaired) electrons. The van der Waals surface area contributed by atoms with Gasteiger partial charge in [-0.05, 0) is 48.7 Å². The van der Waals surface area contributed by atoms with Crippen LogP contribution in [0.1, 0.15) is 35.2 Å². The van der Waals surface area contributed by atoms with Crippen molar-refractivity contribution in [1.29, 1.82) is 0 Å². The average Bonchev–Trinajstić information content (AvgIpc) is 2.68. The fraction of sp³-hybridized carbons (Fsp3) is 0.333. The van der Waals surface area contributed by atoms with E-state index in [-0.39, 0.29) is 30.3 Å². The van der Waals surface area contributed by atoms with E-state index in [0.717, 1.165) is 5.56 Å². The maximum atomic E-state index is 12.9. The molecule has 0 unspecified atom stereocenters. The van der Waals surface area contributed by atoms with E-state index >= 15 is 0 Å². The van der Waals surface area contributed by atoms with Gasteiger partial charge in [0.25, 0.3) is 0 Å². The average molecular weight is 373 g/mol. The molecule has 0 aliphatic carbocycles. The lowest BCUT2D eigenvalue weighted by atomic mass is 10.1. The minimum Gasteiger partial charge on any atom is -0.497 e. The summed E-state index contributed by atoms with van der Waals surface area (Å²) in [6.45, 7) is 0.480. The van der Waals surface area contributed by atoms with Crippen LogP contribution in [0.25, 0.3) is 0 Å². The lowest BCUT2D eigenvalue weighted by Crippen LogP contribution is -2.25. The van der Waals surface area contributed by atoms with Crippen LogP contribution in [-0.2, 0) is 11.2 Å². The fourth-order valence-corrected chi connectivity index (χ4v) is 2.67. The minimum atomic E-state index is -0.376. The summed E-state index contributed by atoms with van der Waals surface area (Å²) in [5.74, 6) is 0.860. The van der Waals surface area contributed by atoms with Crippen molar-refractivity contribution in [2.45, 2.75) is 25.7 Å². The van der Waals surface area contributed by atoms with Crippen LogP contribution >= 0.6 is 0 Å². The highest BCUT2D eigenvalue weighted by atomic mass is 19.1. The van der Waals surface area contributed by atoms with Crippen LogP contribution in [0.4, 0.5) is 4.39 Å². The second-order valence-corrected chi connectivity index (χ2v) is 6.06. The van der Waals surface area contributed by atoms with Gasteiger partial charge in [-0.3, -0.25) is 9.59 Å². The molecule has 2 rings (SSSR count). The smallest absolute Gasteiger partial charge is 0.220 e. The Morgan fingerprint density at radius 1 is 1.00 bits per heavy atom. The molecule has 6 heteroatoms. The van der Waals surface area contributed by atoms with Crippen LogP contribution in [-0.4, -0.2) is 32.5 Å². The molecular weight excluding hydrogens is 349 g/mol. The van der Waals surface area contributed by atoms with Gasteiger partial charge in [0.2, 0.25) is 5.91 Å². The van der Waals surface area contributed by atoms with Gasteiger partial charge >= 0.3 is 0 Å². The van der Waals surface area contributed by atoms with Crippen molar-refractivity contribution in [3.8, 4) is 11.5 Å². The first kappa shape index (κ1) is 20.4. The number of carbonyl (C=O) groups is 2. The number of ketones is 1. The number of Topliss-reactive ketones (excluding diaryl/α,β-unsaturated/α-hetero) is 1. The number of methoxy groups -OCH3 is 2. The first-order valence-electron chi connectivity index (χ1n) is 8.80. The molecule has 0 bridgehead atoms. The van der Waals surface area contributed by atoms with Crippen molar-refractivity contribution in [2.24, 2.45) is 0 Å². The molecule has 1 amide bonds. The highest BCUT2D eigenvalue weighted by Gasteiger charge is 2.09. The first-order valence-corrected chi connectivity index (χ1v) is 8.80. The molecule has 0 aromatic heterocycles. The predicted octanol–water partition coefficient (Wildman–Crippen LogP) is 3.55. The van der Waals surface area contributed by atoms with E-state index in [1.807, 2.05) is 12.1 Å². The summed E-state index contributed by atoms with van der Waals surface area (Å²) >= 11 is 0. The molecule has 1 N–H and O–H groups in total. The Labute approximate surface area is 158 Å². The number of rotatable bonds is 10. The third-order valence-electron chi connectivity index (χ3n) is 4.18. The topological polar surface area (TPSA) is 64.6 Å². The van der Waals surface area contributed by atoms with Gasteiger partial charge in [0.05, 0.1) is 14.2 Å². The highest BCUT2D eigenvalue weighted by molar-refractivity contribution is 5.96. The summed E-state index contributed by atoms with van der Waals surface area (Å²) < 4.78 is 23.3. The SMILES string of the molecule is COc1ccc(CCNC(=O)CCCC(=O)c2ccc(F)cc2)c(OC)c1. The second-order valence-electron chi connectivity index (χ2n) is 6.06. The second kappa shape index (κ2) is 10.3. The Balaban J connectivity index is 1.70. The molecule has 0 fully saturated rings. The normalized spacial score (nSPS) is 10.3. The zero-order chi connectivity index (χ0) is 19.6. The van der Waals surface area contributed by atoms with Gasteiger partial charge in [-0.25, -0.2) is 4.39 Å². The molecule has 0 saturated carbocycles. The van der Waals surface area contributed by atoms with Gasteiger partial charge in [0, 0.05) is 31.0 Å². The van der Waals surface area contributed by atoms with Crippen LogP contribution in [0.15, 0.2) is 42.5 Å². The van der Waals surface area contributed by atoms with Crippen LogP contribution in [0.5, 0.6) is 11.5 Å². The molecule has 0 saturated heterocycles. The van der Waals surface area contributed by atoms with Crippen molar-refractivity contribution in [3.05, 3.63) is 59.4 Å². The third-order valence-corrected chi connectivity index (χ3v) is 4.18. The van der Waals surface area contributed by atoms with Gasteiger partial charge in [-0.15, -0.1) is 0 Å².